The molecule has 35 heavy (non-hydrogen) atoms. The number of nitrogens with one attached hydrogen (secondary N) is 2. The van der Waals surface area contributed by atoms with Crippen LogP contribution in [0.2, 0.25) is 0 Å². The van der Waals surface area contributed by atoms with Gasteiger partial charge >= 0.3 is 0 Å². The fourth-order valence-electron chi connectivity index (χ4n) is 6.22. The molecule has 1 spiro atoms. The van der Waals surface area contributed by atoms with Gasteiger partial charge in [-0.1, -0.05) is 18.7 Å². The molecule has 2 unspecified atom stereocenters. The molecule has 4 aliphatic rings. The predicted octanol–water partition coefficient (Wildman–Crippen LogP) is 3.43. The Bertz CT molecular complexity index is 1360. The first-order valence-electron chi connectivity index (χ1n) is 12.3. The van der Waals surface area contributed by atoms with Crippen molar-refractivity contribution in [3.05, 3.63) is 71.4 Å². The van der Waals surface area contributed by atoms with E-state index in [0.717, 1.165) is 34.5 Å². The standard InChI is InChI=1S/C24H22N2O4.C4H9N/c1-12-6-7-18(27)20-19(12)24-13(2)23(24,29)10-8-17(21(24)30-20)26-22(28)15-4-3-5-16-14(15)9-11-25-16;5-3-4-1-2-4/h3-7,9,11,17,21,25,27,29H,2,8,10H2,1H3,(H,26,28);4H,1-3,5H2/t17-,21-,23?,24?;/m0./s1. The highest BCUT2D eigenvalue weighted by molar-refractivity contribution is 6.06. The van der Waals surface area contributed by atoms with Gasteiger partial charge in [-0.3, -0.25) is 4.79 Å². The number of phenolic OH excluding ortho intramolecular Hbond substituents is 1. The average Bonchev–Trinajstić information content (AvgIpc) is 3.62. The number of fused-ring (bicyclic) bond motifs is 2. The number of hydrogen-bond donors (Lipinski definition) is 5. The Labute approximate surface area is 204 Å². The van der Waals surface area contributed by atoms with Gasteiger partial charge in [0.15, 0.2) is 11.5 Å². The number of ether oxygens (including phenoxy) is 1. The molecule has 182 valence electrons. The van der Waals surface area contributed by atoms with E-state index in [4.69, 9.17) is 10.5 Å². The van der Waals surface area contributed by atoms with Crippen LogP contribution in [-0.4, -0.2) is 45.4 Å². The van der Waals surface area contributed by atoms with Crippen molar-refractivity contribution in [3.63, 3.8) is 0 Å². The van der Waals surface area contributed by atoms with Crippen LogP contribution in [-0.2, 0) is 5.41 Å². The van der Waals surface area contributed by atoms with E-state index >= 15 is 0 Å². The summed E-state index contributed by atoms with van der Waals surface area (Å²) >= 11 is 0. The van der Waals surface area contributed by atoms with Gasteiger partial charge in [-0.15, -0.1) is 0 Å². The van der Waals surface area contributed by atoms with Crippen molar-refractivity contribution >= 4 is 16.8 Å². The lowest BCUT2D eigenvalue weighted by Gasteiger charge is -2.35. The predicted molar refractivity (Wildman–Crippen MR) is 134 cm³/mol. The Hall–Kier alpha value is -3.29. The van der Waals surface area contributed by atoms with E-state index in [-0.39, 0.29) is 17.7 Å². The number of rotatable bonds is 3. The third-order valence-corrected chi connectivity index (χ3v) is 8.35. The van der Waals surface area contributed by atoms with E-state index in [1.165, 1.54) is 12.8 Å². The van der Waals surface area contributed by atoms with Crippen molar-refractivity contribution < 1.29 is 19.7 Å². The number of aromatic nitrogens is 1. The topological polar surface area (TPSA) is 121 Å². The molecule has 2 heterocycles. The van der Waals surface area contributed by atoms with Gasteiger partial charge in [-0.05, 0) is 80.5 Å². The van der Waals surface area contributed by atoms with E-state index < -0.39 is 17.1 Å². The molecule has 0 bridgehead atoms. The lowest BCUT2D eigenvalue weighted by atomic mass is 9.76. The molecule has 2 aromatic carbocycles. The molecule has 3 fully saturated rings. The number of hydrogen-bond acceptors (Lipinski definition) is 5. The first-order chi connectivity index (χ1) is 16.8. The fraction of sp³-hybridized carbons (Fsp3) is 0.393. The molecule has 6 N–H and O–H groups in total. The second-order valence-corrected chi connectivity index (χ2v) is 10.3. The van der Waals surface area contributed by atoms with Crippen LogP contribution in [0.15, 0.2) is 54.7 Å². The second-order valence-electron chi connectivity index (χ2n) is 10.3. The molecule has 1 aliphatic heterocycles. The highest BCUT2D eigenvalue weighted by atomic mass is 16.5. The van der Waals surface area contributed by atoms with Gasteiger partial charge in [0.25, 0.3) is 5.91 Å². The fourth-order valence-corrected chi connectivity index (χ4v) is 6.22. The number of aryl methyl sites for hydroxylation is 1. The maximum Gasteiger partial charge on any atom is 0.252 e. The molecule has 1 aromatic heterocycles. The molecule has 1 amide bonds. The normalized spacial score (nSPS) is 29.9. The minimum absolute atomic E-state index is 0.0450. The number of amides is 1. The number of carbonyl (C=O) groups excluding carboxylic acids is 1. The zero-order chi connectivity index (χ0) is 24.5. The third-order valence-electron chi connectivity index (χ3n) is 8.35. The number of aromatic hydroxyl groups is 1. The van der Waals surface area contributed by atoms with Crippen LogP contribution >= 0.6 is 0 Å². The SMILES string of the molecule is C=C1C2(O)CC[C@H](NC(=O)c3cccc4[nH]ccc34)[C@@H]3Oc4c(O)ccc(C)c4C132.NCC1CC1. The van der Waals surface area contributed by atoms with Crippen LogP contribution in [0.4, 0.5) is 0 Å². The smallest absolute Gasteiger partial charge is 0.252 e. The Morgan fingerprint density at radius 3 is 2.77 bits per heavy atom. The number of carbonyl (C=O) groups is 1. The quantitative estimate of drug-likeness (QED) is 0.373. The molecular formula is C28H31N3O4. The van der Waals surface area contributed by atoms with Crippen LogP contribution in [0.5, 0.6) is 11.5 Å². The van der Waals surface area contributed by atoms with Gasteiger partial charge in [0.05, 0.1) is 11.5 Å². The van der Waals surface area contributed by atoms with Crippen molar-refractivity contribution in [2.75, 3.05) is 6.54 Å². The second kappa shape index (κ2) is 7.60. The first-order valence-corrected chi connectivity index (χ1v) is 12.3. The number of aromatic amines is 1. The largest absolute Gasteiger partial charge is 0.504 e. The van der Waals surface area contributed by atoms with Gasteiger partial charge in [0.2, 0.25) is 0 Å². The van der Waals surface area contributed by atoms with Crippen LogP contribution in [0.1, 0.15) is 47.2 Å². The molecule has 7 nitrogen and oxygen atoms in total. The summed E-state index contributed by atoms with van der Waals surface area (Å²) in [5, 5.41) is 25.8. The van der Waals surface area contributed by atoms with Gasteiger partial charge in [0.1, 0.15) is 11.7 Å². The maximum absolute atomic E-state index is 13.2. The molecule has 0 radical (unpaired) electrons. The number of H-pyrrole nitrogens is 1. The number of nitrogens with two attached hydrogens (primary N) is 1. The Balaban J connectivity index is 0.000000410. The molecule has 7 rings (SSSR count). The van der Waals surface area contributed by atoms with Crippen LogP contribution in [0, 0.1) is 12.8 Å². The summed E-state index contributed by atoms with van der Waals surface area (Å²) in [6.07, 6.45) is 5.12. The van der Waals surface area contributed by atoms with Crippen molar-refractivity contribution in [3.8, 4) is 11.5 Å². The Morgan fingerprint density at radius 2 is 2.06 bits per heavy atom. The summed E-state index contributed by atoms with van der Waals surface area (Å²) in [6.45, 7) is 7.02. The summed E-state index contributed by atoms with van der Waals surface area (Å²) in [5.41, 5.74) is 7.31. The monoisotopic (exact) mass is 473 g/mol. The van der Waals surface area contributed by atoms with Gasteiger partial charge in [0, 0.05) is 28.2 Å². The zero-order valence-corrected chi connectivity index (χ0v) is 19.8. The van der Waals surface area contributed by atoms with Crippen LogP contribution in [0.25, 0.3) is 10.9 Å². The van der Waals surface area contributed by atoms with Crippen molar-refractivity contribution in [2.45, 2.75) is 55.8 Å². The summed E-state index contributed by atoms with van der Waals surface area (Å²) in [4.78, 5) is 16.3. The minimum Gasteiger partial charge on any atom is -0.504 e. The van der Waals surface area contributed by atoms with E-state index in [1.54, 1.807) is 12.1 Å². The summed E-state index contributed by atoms with van der Waals surface area (Å²) in [6, 6.07) is 10.6. The molecule has 0 saturated heterocycles. The molecule has 3 saturated carbocycles. The molecular weight excluding hydrogens is 442 g/mol. The minimum atomic E-state index is -1.07. The zero-order valence-electron chi connectivity index (χ0n) is 19.8. The van der Waals surface area contributed by atoms with Crippen LogP contribution in [0.3, 0.4) is 0 Å². The number of benzene rings is 2. The van der Waals surface area contributed by atoms with Crippen molar-refractivity contribution in [2.24, 2.45) is 11.7 Å². The van der Waals surface area contributed by atoms with Gasteiger partial charge in [-0.2, -0.15) is 0 Å². The molecule has 7 heteroatoms. The summed E-state index contributed by atoms with van der Waals surface area (Å²) < 4.78 is 6.23. The lowest BCUT2D eigenvalue weighted by Crippen LogP contribution is -2.55. The first kappa shape index (κ1) is 22.2. The highest BCUT2D eigenvalue weighted by Crippen LogP contribution is 2.74. The highest BCUT2D eigenvalue weighted by Gasteiger charge is 2.82. The van der Waals surface area contributed by atoms with Crippen LogP contribution < -0.4 is 15.8 Å². The van der Waals surface area contributed by atoms with Gasteiger partial charge < -0.3 is 31.0 Å². The van der Waals surface area contributed by atoms with Crippen molar-refractivity contribution in [1.82, 2.24) is 10.3 Å². The lowest BCUT2D eigenvalue weighted by molar-refractivity contribution is 0.0226. The Morgan fingerprint density at radius 1 is 1.26 bits per heavy atom. The van der Waals surface area contributed by atoms with E-state index in [1.807, 2.05) is 37.4 Å². The van der Waals surface area contributed by atoms with E-state index in [0.29, 0.717) is 29.7 Å². The summed E-state index contributed by atoms with van der Waals surface area (Å²) in [5.74, 6) is 1.17. The maximum atomic E-state index is 13.2. The number of aliphatic hydroxyl groups is 1. The van der Waals surface area contributed by atoms with Crippen molar-refractivity contribution in [1.29, 1.82) is 0 Å². The van der Waals surface area contributed by atoms with E-state index in [9.17, 15) is 15.0 Å². The molecule has 4 atom stereocenters. The van der Waals surface area contributed by atoms with Gasteiger partial charge in [-0.25, -0.2) is 0 Å². The average molecular weight is 474 g/mol. The summed E-state index contributed by atoms with van der Waals surface area (Å²) in [7, 11) is 0. The Kier molecular flexibility index (Phi) is 4.82. The van der Waals surface area contributed by atoms with E-state index in [2.05, 4.69) is 16.9 Å². The molecule has 3 aromatic rings. The third kappa shape index (κ3) is 3.01. The number of phenols is 1. The molecule has 3 aliphatic carbocycles.